The lowest BCUT2D eigenvalue weighted by Crippen LogP contribution is -2.41. The standard InChI is InChI=1S/C23H27N7O3S/c1-29(2)21-17-6-3-4-7-18(17)27-23(28-21)26-16-11-9-15(10-12-16)25-20(31)14-34-22-19(30(32)33)8-5-13-24-22/h3-8,13,15-16H,9-12,14H2,1-2H3,(H,25,31)(H,26,27,28)/t15-,16+. The lowest BCUT2D eigenvalue weighted by atomic mass is 9.91. The molecule has 34 heavy (non-hydrogen) atoms. The topological polar surface area (TPSA) is 126 Å². The van der Waals surface area contributed by atoms with E-state index in [9.17, 15) is 14.9 Å². The van der Waals surface area contributed by atoms with Crippen LogP contribution < -0.4 is 15.5 Å². The van der Waals surface area contributed by atoms with E-state index in [1.54, 1.807) is 0 Å². The fourth-order valence-electron chi connectivity index (χ4n) is 4.07. The second-order valence-corrected chi connectivity index (χ2v) is 9.38. The SMILES string of the molecule is CN(C)c1nc(N[C@H]2CC[C@@H](NC(=O)CSc3ncccc3[N+](=O)[O-])CC2)nc2ccccc12. The molecule has 0 bridgehead atoms. The van der Waals surface area contributed by atoms with Gasteiger partial charge in [0.15, 0.2) is 5.03 Å². The van der Waals surface area contributed by atoms with Crippen LogP contribution in [0.15, 0.2) is 47.6 Å². The highest BCUT2D eigenvalue weighted by Crippen LogP contribution is 2.28. The smallest absolute Gasteiger partial charge is 0.301 e. The molecule has 0 aliphatic heterocycles. The maximum atomic E-state index is 12.4. The molecule has 1 aromatic carbocycles. The lowest BCUT2D eigenvalue weighted by molar-refractivity contribution is -0.388. The molecule has 2 aromatic heterocycles. The van der Waals surface area contributed by atoms with Gasteiger partial charge in [-0.05, 0) is 43.9 Å². The fraction of sp³-hybridized carbons (Fsp3) is 0.391. The second kappa shape index (κ2) is 10.6. The van der Waals surface area contributed by atoms with Gasteiger partial charge in [-0.1, -0.05) is 23.9 Å². The van der Waals surface area contributed by atoms with Crippen molar-refractivity contribution in [3.05, 3.63) is 52.7 Å². The summed E-state index contributed by atoms with van der Waals surface area (Å²) in [5.41, 5.74) is 0.815. The summed E-state index contributed by atoms with van der Waals surface area (Å²) in [4.78, 5) is 38.4. The fourth-order valence-corrected chi connectivity index (χ4v) is 4.84. The van der Waals surface area contributed by atoms with E-state index in [0.29, 0.717) is 5.95 Å². The number of fused-ring (bicyclic) bond motifs is 1. The molecule has 0 unspecified atom stereocenters. The molecule has 0 radical (unpaired) electrons. The van der Waals surface area contributed by atoms with Crippen molar-refractivity contribution in [3.63, 3.8) is 0 Å². The number of carbonyl (C=O) groups is 1. The van der Waals surface area contributed by atoms with Crippen molar-refractivity contribution in [3.8, 4) is 0 Å². The minimum absolute atomic E-state index is 0.0831. The van der Waals surface area contributed by atoms with Crippen LogP contribution in [0.1, 0.15) is 25.7 Å². The Balaban J connectivity index is 1.28. The molecule has 1 saturated carbocycles. The van der Waals surface area contributed by atoms with Gasteiger partial charge in [-0.25, -0.2) is 9.97 Å². The van der Waals surface area contributed by atoms with Gasteiger partial charge in [0.2, 0.25) is 11.9 Å². The largest absolute Gasteiger partial charge is 0.362 e. The molecule has 10 nitrogen and oxygen atoms in total. The first-order valence-electron chi connectivity index (χ1n) is 11.1. The zero-order chi connectivity index (χ0) is 24.1. The minimum Gasteiger partial charge on any atom is -0.362 e. The average molecular weight is 482 g/mol. The van der Waals surface area contributed by atoms with Gasteiger partial charge >= 0.3 is 5.69 Å². The molecule has 1 aliphatic carbocycles. The summed E-state index contributed by atoms with van der Waals surface area (Å²) in [6.45, 7) is 0. The highest BCUT2D eigenvalue weighted by atomic mass is 32.2. The number of amides is 1. The average Bonchev–Trinajstić information content (AvgIpc) is 2.83. The van der Waals surface area contributed by atoms with E-state index >= 15 is 0 Å². The van der Waals surface area contributed by atoms with E-state index in [1.807, 2.05) is 43.3 Å². The van der Waals surface area contributed by atoms with Crippen molar-refractivity contribution in [2.24, 2.45) is 0 Å². The van der Waals surface area contributed by atoms with Gasteiger partial charge in [0.05, 0.1) is 16.2 Å². The quantitative estimate of drug-likeness (QED) is 0.282. The van der Waals surface area contributed by atoms with Gasteiger partial charge in [0.25, 0.3) is 0 Å². The number of nitro groups is 1. The zero-order valence-corrected chi connectivity index (χ0v) is 19.9. The number of pyridine rings is 1. The van der Waals surface area contributed by atoms with Crippen molar-refractivity contribution in [1.29, 1.82) is 0 Å². The Hall–Kier alpha value is -3.47. The van der Waals surface area contributed by atoms with Gasteiger partial charge in [-0.2, -0.15) is 4.98 Å². The van der Waals surface area contributed by atoms with E-state index < -0.39 is 4.92 Å². The summed E-state index contributed by atoms with van der Waals surface area (Å²) < 4.78 is 0. The molecule has 178 valence electrons. The van der Waals surface area contributed by atoms with Crippen molar-refractivity contribution < 1.29 is 9.72 Å². The van der Waals surface area contributed by atoms with E-state index in [2.05, 4.69) is 20.6 Å². The first-order chi connectivity index (χ1) is 16.4. The molecule has 4 rings (SSSR count). The van der Waals surface area contributed by atoms with Crippen LogP contribution in [-0.2, 0) is 4.79 Å². The normalized spacial score (nSPS) is 17.8. The van der Waals surface area contributed by atoms with Crippen LogP contribution in [0.4, 0.5) is 17.5 Å². The van der Waals surface area contributed by atoms with Crippen molar-refractivity contribution in [2.75, 3.05) is 30.1 Å². The van der Waals surface area contributed by atoms with Crippen molar-refractivity contribution >= 4 is 46.0 Å². The molecule has 3 aromatic rings. The summed E-state index contributed by atoms with van der Waals surface area (Å²) in [6, 6.07) is 11.2. The number of nitrogens with zero attached hydrogens (tertiary/aromatic N) is 5. The minimum atomic E-state index is -0.484. The van der Waals surface area contributed by atoms with Gasteiger partial charge < -0.3 is 15.5 Å². The highest BCUT2D eigenvalue weighted by molar-refractivity contribution is 8.00. The van der Waals surface area contributed by atoms with Crippen LogP contribution in [0.2, 0.25) is 0 Å². The van der Waals surface area contributed by atoms with Gasteiger partial charge in [-0.15, -0.1) is 0 Å². The number of aromatic nitrogens is 3. The molecule has 2 N–H and O–H groups in total. The first-order valence-corrected chi connectivity index (χ1v) is 12.1. The lowest BCUT2D eigenvalue weighted by Gasteiger charge is -2.30. The number of nitrogens with one attached hydrogen (secondary N) is 2. The molecular formula is C23H27N7O3S. The van der Waals surface area contributed by atoms with Gasteiger partial charge in [-0.3, -0.25) is 14.9 Å². The third-order valence-corrected chi connectivity index (χ3v) is 6.71. The first kappa shape index (κ1) is 23.7. The Bertz CT molecular complexity index is 1180. The van der Waals surface area contributed by atoms with Crippen LogP contribution in [0.3, 0.4) is 0 Å². The second-order valence-electron chi connectivity index (χ2n) is 8.42. The van der Waals surface area contributed by atoms with Crippen LogP contribution in [0, 0.1) is 10.1 Å². The maximum absolute atomic E-state index is 12.4. The zero-order valence-electron chi connectivity index (χ0n) is 19.1. The number of hydrogen-bond donors (Lipinski definition) is 2. The third kappa shape index (κ3) is 5.71. The summed E-state index contributed by atoms with van der Waals surface area (Å²) in [6.07, 6.45) is 4.94. The highest BCUT2D eigenvalue weighted by Gasteiger charge is 2.24. The van der Waals surface area contributed by atoms with Crippen LogP contribution in [-0.4, -0.2) is 57.7 Å². The van der Waals surface area contributed by atoms with E-state index in [1.165, 1.54) is 18.3 Å². The number of carbonyl (C=O) groups excluding carboxylic acids is 1. The summed E-state index contributed by atoms with van der Waals surface area (Å²) in [7, 11) is 3.94. The molecular weight excluding hydrogens is 454 g/mol. The van der Waals surface area contributed by atoms with E-state index in [0.717, 1.165) is 54.2 Å². The molecule has 11 heteroatoms. The molecule has 0 atom stereocenters. The number of rotatable bonds is 8. The number of benzene rings is 1. The summed E-state index contributed by atoms with van der Waals surface area (Å²) in [5, 5.41) is 18.9. The number of para-hydroxylation sites is 1. The number of hydrogen-bond acceptors (Lipinski definition) is 9. The molecule has 0 saturated heterocycles. The maximum Gasteiger partial charge on any atom is 0.301 e. The van der Waals surface area contributed by atoms with Gasteiger partial charge in [0, 0.05) is 43.8 Å². The Kier molecular flexibility index (Phi) is 7.41. The van der Waals surface area contributed by atoms with Crippen LogP contribution >= 0.6 is 11.8 Å². The molecule has 0 spiro atoms. The summed E-state index contributed by atoms with van der Waals surface area (Å²) >= 11 is 1.08. The van der Waals surface area contributed by atoms with Crippen molar-refractivity contribution in [1.82, 2.24) is 20.3 Å². The molecule has 1 aliphatic rings. The third-order valence-electron chi connectivity index (χ3n) is 5.72. The van der Waals surface area contributed by atoms with E-state index in [4.69, 9.17) is 4.98 Å². The van der Waals surface area contributed by atoms with Crippen LogP contribution in [0.25, 0.3) is 10.9 Å². The van der Waals surface area contributed by atoms with Crippen molar-refractivity contribution in [2.45, 2.75) is 42.8 Å². The molecule has 1 fully saturated rings. The predicted molar refractivity (Wildman–Crippen MR) is 133 cm³/mol. The monoisotopic (exact) mass is 481 g/mol. The van der Waals surface area contributed by atoms with Gasteiger partial charge in [0.1, 0.15) is 5.82 Å². The van der Waals surface area contributed by atoms with E-state index in [-0.39, 0.29) is 34.5 Å². The molecule has 2 heterocycles. The Morgan fingerprint density at radius 1 is 1.12 bits per heavy atom. The predicted octanol–water partition coefficient (Wildman–Crippen LogP) is 3.63. The Morgan fingerprint density at radius 3 is 2.59 bits per heavy atom. The Labute approximate surface area is 201 Å². The Morgan fingerprint density at radius 2 is 1.85 bits per heavy atom. The van der Waals surface area contributed by atoms with Crippen LogP contribution in [0.5, 0.6) is 0 Å². The number of thioether (sulfide) groups is 1. The molecule has 1 amide bonds. The number of anilines is 2. The summed E-state index contributed by atoms with van der Waals surface area (Å²) in [5.74, 6) is 1.44.